The van der Waals surface area contributed by atoms with Gasteiger partial charge in [-0.25, -0.2) is 4.79 Å². The number of halogens is 3. The third-order valence-corrected chi connectivity index (χ3v) is 4.91. The summed E-state index contributed by atoms with van der Waals surface area (Å²) in [7, 11) is 0. The quantitative estimate of drug-likeness (QED) is 0.893. The van der Waals surface area contributed by atoms with Crippen LogP contribution >= 0.6 is 22.7 Å². The van der Waals surface area contributed by atoms with Gasteiger partial charge in [0, 0.05) is 6.54 Å². The van der Waals surface area contributed by atoms with Crippen LogP contribution in [0, 0.1) is 0 Å². The van der Waals surface area contributed by atoms with Crippen molar-refractivity contribution in [3.05, 3.63) is 27.4 Å². The Balaban J connectivity index is 1.70. The van der Waals surface area contributed by atoms with Crippen LogP contribution in [0.2, 0.25) is 0 Å². The first kappa shape index (κ1) is 15.2. The summed E-state index contributed by atoms with van der Waals surface area (Å²) in [5.41, 5.74) is 1.05. The molecule has 22 heavy (non-hydrogen) atoms. The maximum Gasteiger partial charge on any atom is 0.445 e. The summed E-state index contributed by atoms with van der Waals surface area (Å²) in [4.78, 5) is 13.9. The molecule has 0 aromatic carbocycles. The number of alkyl halides is 3. The number of anilines is 1. The van der Waals surface area contributed by atoms with E-state index in [4.69, 9.17) is 0 Å². The maximum absolute atomic E-state index is 12.5. The number of thiophene rings is 1. The summed E-state index contributed by atoms with van der Waals surface area (Å²) >= 11 is 1.87. The number of carbonyl (C=O) groups excluding carboxylic acids is 1. The van der Waals surface area contributed by atoms with Gasteiger partial charge in [0.1, 0.15) is 0 Å². The molecule has 0 bridgehead atoms. The van der Waals surface area contributed by atoms with Crippen molar-refractivity contribution in [2.24, 2.45) is 0 Å². The van der Waals surface area contributed by atoms with Gasteiger partial charge in [0.25, 0.3) is 0 Å². The highest BCUT2D eigenvalue weighted by molar-refractivity contribution is 7.15. The molecule has 1 saturated heterocycles. The van der Waals surface area contributed by atoms with E-state index in [0.717, 1.165) is 18.4 Å². The Morgan fingerprint density at radius 3 is 2.86 bits per heavy atom. The standard InChI is InChI=1S/C12H11F3N4OS2/c13-12(14,15)9-17-18-10(22-9)16-11(20)19-4-1-2-8(19)7-3-5-21-6-7/h3,5-6,8H,1-2,4H2,(H,16,18,20)/t8-/m1/s1. The van der Waals surface area contributed by atoms with Crippen molar-refractivity contribution in [1.82, 2.24) is 15.1 Å². The minimum absolute atomic E-state index is 0.0405. The highest BCUT2D eigenvalue weighted by Gasteiger charge is 2.36. The largest absolute Gasteiger partial charge is 0.445 e. The molecule has 2 aromatic rings. The molecule has 2 amide bonds. The first-order valence-corrected chi connectivity index (χ1v) is 8.21. The van der Waals surface area contributed by atoms with Gasteiger partial charge in [-0.2, -0.15) is 24.5 Å². The Morgan fingerprint density at radius 2 is 2.23 bits per heavy atom. The Labute approximate surface area is 131 Å². The van der Waals surface area contributed by atoms with Gasteiger partial charge in [-0.3, -0.25) is 5.32 Å². The Hall–Kier alpha value is -1.68. The summed E-state index contributed by atoms with van der Waals surface area (Å²) < 4.78 is 37.4. The number of carbonyl (C=O) groups is 1. The molecule has 0 saturated carbocycles. The lowest BCUT2D eigenvalue weighted by Crippen LogP contribution is -2.34. The fourth-order valence-electron chi connectivity index (χ4n) is 2.37. The number of nitrogens with one attached hydrogen (secondary N) is 1. The molecule has 5 nitrogen and oxygen atoms in total. The number of nitrogens with zero attached hydrogens (tertiary/aromatic N) is 3. The van der Waals surface area contributed by atoms with E-state index in [1.807, 2.05) is 16.8 Å². The normalized spacial score (nSPS) is 18.7. The molecule has 0 spiro atoms. The van der Waals surface area contributed by atoms with Crippen molar-refractivity contribution < 1.29 is 18.0 Å². The lowest BCUT2D eigenvalue weighted by Gasteiger charge is -2.23. The molecule has 1 N–H and O–H groups in total. The molecule has 0 aliphatic carbocycles. The summed E-state index contributed by atoms with van der Waals surface area (Å²) in [6.07, 6.45) is -2.85. The fraction of sp³-hybridized carbons (Fsp3) is 0.417. The van der Waals surface area contributed by atoms with Crippen LogP contribution in [0.1, 0.15) is 29.5 Å². The lowest BCUT2D eigenvalue weighted by molar-refractivity contribution is -0.138. The molecule has 1 atom stereocenters. The van der Waals surface area contributed by atoms with Gasteiger partial charge < -0.3 is 4.90 Å². The van der Waals surface area contributed by atoms with E-state index in [-0.39, 0.29) is 11.2 Å². The van der Waals surface area contributed by atoms with Crippen molar-refractivity contribution in [2.75, 3.05) is 11.9 Å². The third-order valence-electron chi connectivity index (χ3n) is 3.32. The number of amides is 2. The summed E-state index contributed by atoms with van der Waals surface area (Å²) in [5.74, 6) is 0. The van der Waals surface area contributed by atoms with E-state index in [0.29, 0.717) is 17.9 Å². The van der Waals surface area contributed by atoms with Crippen molar-refractivity contribution in [2.45, 2.75) is 25.1 Å². The Bertz CT molecular complexity index is 656. The lowest BCUT2D eigenvalue weighted by atomic mass is 10.1. The zero-order valence-electron chi connectivity index (χ0n) is 11.1. The van der Waals surface area contributed by atoms with Crippen LogP contribution < -0.4 is 5.32 Å². The average molecular weight is 348 g/mol. The molecule has 0 unspecified atom stereocenters. The van der Waals surface area contributed by atoms with E-state index >= 15 is 0 Å². The molecule has 2 aromatic heterocycles. The van der Waals surface area contributed by atoms with Crippen LogP contribution in [0.3, 0.4) is 0 Å². The van der Waals surface area contributed by atoms with E-state index in [1.165, 1.54) is 0 Å². The molecular weight excluding hydrogens is 337 g/mol. The second-order valence-electron chi connectivity index (χ2n) is 4.75. The molecule has 3 heterocycles. The molecule has 1 aliphatic rings. The molecule has 1 fully saturated rings. The van der Waals surface area contributed by atoms with Crippen molar-refractivity contribution in [3.63, 3.8) is 0 Å². The van der Waals surface area contributed by atoms with Gasteiger partial charge >= 0.3 is 12.2 Å². The fourth-order valence-corrected chi connectivity index (χ4v) is 3.68. The van der Waals surface area contributed by atoms with Crippen LogP contribution in [0.25, 0.3) is 0 Å². The number of hydrogen-bond acceptors (Lipinski definition) is 5. The van der Waals surface area contributed by atoms with Crippen LogP contribution in [-0.4, -0.2) is 27.7 Å². The van der Waals surface area contributed by atoms with E-state index in [1.54, 1.807) is 16.2 Å². The van der Waals surface area contributed by atoms with E-state index < -0.39 is 17.2 Å². The second kappa shape index (κ2) is 5.84. The topological polar surface area (TPSA) is 58.1 Å². The molecule has 0 radical (unpaired) electrons. The van der Waals surface area contributed by atoms with Crippen molar-refractivity contribution in [1.29, 1.82) is 0 Å². The van der Waals surface area contributed by atoms with Gasteiger partial charge in [-0.1, -0.05) is 11.3 Å². The van der Waals surface area contributed by atoms with Crippen LogP contribution in [0.4, 0.5) is 23.1 Å². The molecular formula is C12H11F3N4OS2. The van der Waals surface area contributed by atoms with Gasteiger partial charge in [0.05, 0.1) is 6.04 Å². The maximum atomic E-state index is 12.5. The number of urea groups is 1. The minimum Gasteiger partial charge on any atom is -0.317 e. The minimum atomic E-state index is -4.55. The third kappa shape index (κ3) is 3.07. The van der Waals surface area contributed by atoms with E-state index in [2.05, 4.69) is 15.5 Å². The van der Waals surface area contributed by atoms with Crippen LogP contribution in [0.5, 0.6) is 0 Å². The summed E-state index contributed by atoms with van der Waals surface area (Å²) in [6.45, 7) is 0.567. The predicted molar refractivity (Wildman–Crippen MR) is 76.9 cm³/mol. The zero-order valence-corrected chi connectivity index (χ0v) is 12.8. The SMILES string of the molecule is O=C(Nc1nnc(C(F)(F)F)s1)N1CCC[C@@H]1c1ccsc1. The van der Waals surface area contributed by atoms with Crippen LogP contribution in [0.15, 0.2) is 16.8 Å². The monoisotopic (exact) mass is 348 g/mol. The summed E-state index contributed by atoms with van der Waals surface area (Å²) in [6, 6.07) is 1.47. The molecule has 10 heteroatoms. The highest BCUT2D eigenvalue weighted by Crippen LogP contribution is 2.35. The molecule has 3 rings (SSSR count). The molecule has 118 valence electrons. The van der Waals surface area contributed by atoms with Crippen molar-refractivity contribution >= 4 is 33.8 Å². The first-order valence-electron chi connectivity index (χ1n) is 6.45. The molecule has 1 aliphatic heterocycles. The van der Waals surface area contributed by atoms with Crippen LogP contribution in [-0.2, 0) is 6.18 Å². The number of aromatic nitrogens is 2. The number of rotatable bonds is 2. The van der Waals surface area contributed by atoms with E-state index in [9.17, 15) is 18.0 Å². The number of likely N-dealkylation sites (tertiary alicyclic amines) is 1. The first-order chi connectivity index (χ1) is 10.4. The number of hydrogen-bond donors (Lipinski definition) is 1. The second-order valence-corrected chi connectivity index (χ2v) is 6.51. The van der Waals surface area contributed by atoms with Gasteiger partial charge in [0.2, 0.25) is 10.1 Å². The predicted octanol–water partition coefficient (Wildman–Crippen LogP) is 3.99. The smallest absolute Gasteiger partial charge is 0.317 e. The highest BCUT2D eigenvalue weighted by atomic mass is 32.1. The Kier molecular flexibility index (Phi) is 4.04. The zero-order chi connectivity index (χ0) is 15.7. The van der Waals surface area contributed by atoms with Crippen molar-refractivity contribution in [3.8, 4) is 0 Å². The van der Waals surface area contributed by atoms with Gasteiger partial charge in [-0.15, -0.1) is 10.2 Å². The summed E-state index contributed by atoms with van der Waals surface area (Å²) in [5, 5.41) is 11.5. The van der Waals surface area contributed by atoms with Gasteiger partial charge in [0.15, 0.2) is 0 Å². The Morgan fingerprint density at radius 1 is 1.41 bits per heavy atom. The average Bonchev–Trinajstić information content (AvgIpc) is 3.18. The van der Waals surface area contributed by atoms with Gasteiger partial charge in [-0.05, 0) is 35.2 Å².